The maximum Gasteiger partial charge on any atom is 0.253 e. The predicted molar refractivity (Wildman–Crippen MR) is 157 cm³/mol. The number of aryl methyl sites for hydroxylation is 1. The van der Waals surface area contributed by atoms with Crippen molar-refractivity contribution in [3.8, 4) is 5.75 Å². The number of hydrogen-bond donors (Lipinski definition) is 3. The second kappa shape index (κ2) is 11.4. The number of aromatic nitrogens is 4. The summed E-state index contributed by atoms with van der Waals surface area (Å²) in [7, 11) is 1.72. The van der Waals surface area contributed by atoms with Gasteiger partial charge in [0, 0.05) is 38.2 Å². The van der Waals surface area contributed by atoms with E-state index in [0.717, 1.165) is 34.0 Å². The van der Waals surface area contributed by atoms with Gasteiger partial charge in [-0.25, -0.2) is 18.4 Å². The number of ether oxygens (including phenoxy) is 1. The molecule has 2 aromatic heterocycles. The lowest BCUT2D eigenvalue weighted by atomic mass is 10.2. The second-order valence-corrected chi connectivity index (χ2v) is 11.0. The Morgan fingerprint density at radius 2 is 1.82 bits per heavy atom. The SMILES string of the molecule is COc1ccc(CNc2nc3cc(N(C)c4ccnc(Nc5cccc(S(=O)(=O)NCl)c5)n4)ccc3n2C)cc1. The van der Waals surface area contributed by atoms with Gasteiger partial charge in [-0.15, -0.1) is 4.24 Å². The lowest BCUT2D eigenvalue weighted by Crippen LogP contribution is -2.14. The minimum atomic E-state index is -3.80. The van der Waals surface area contributed by atoms with Crippen LogP contribution in [-0.2, 0) is 23.6 Å². The Hall–Kier alpha value is -4.39. The normalized spacial score (nSPS) is 11.4. The number of imidazole rings is 1. The van der Waals surface area contributed by atoms with E-state index in [-0.39, 0.29) is 4.90 Å². The topological polar surface area (TPSA) is 126 Å². The fraction of sp³-hybridized carbons (Fsp3) is 0.148. The highest BCUT2D eigenvalue weighted by Gasteiger charge is 2.15. The largest absolute Gasteiger partial charge is 0.497 e. The van der Waals surface area contributed by atoms with Gasteiger partial charge in [0.15, 0.2) is 0 Å². The first-order valence-corrected chi connectivity index (χ1v) is 14.0. The summed E-state index contributed by atoms with van der Waals surface area (Å²) in [6, 6.07) is 21.9. The summed E-state index contributed by atoms with van der Waals surface area (Å²) in [6.07, 6.45) is 1.63. The van der Waals surface area contributed by atoms with Gasteiger partial charge in [-0.05, 0) is 71.9 Å². The fourth-order valence-corrected chi connectivity index (χ4v) is 5.02. The summed E-state index contributed by atoms with van der Waals surface area (Å²) in [5.41, 5.74) is 4.32. The third kappa shape index (κ3) is 5.78. The number of fused-ring (bicyclic) bond motifs is 1. The average molecular weight is 579 g/mol. The van der Waals surface area contributed by atoms with E-state index >= 15 is 0 Å². The van der Waals surface area contributed by atoms with Crippen molar-refractivity contribution in [3.05, 3.63) is 84.6 Å². The van der Waals surface area contributed by atoms with Crippen LogP contribution in [0.1, 0.15) is 5.56 Å². The number of rotatable bonds is 10. The molecule has 0 saturated carbocycles. The van der Waals surface area contributed by atoms with Crippen LogP contribution in [0.25, 0.3) is 11.0 Å². The molecule has 0 spiro atoms. The number of nitrogens with zero attached hydrogens (tertiary/aromatic N) is 5. The molecule has 0 amide bonds. The molecule has 0 saturated heterocycles. The van der Waals surface area contributed by atoms with Gasteiger partial charge in [-0.1, -0.05) is 18.2 Å². The Morgan fingerprint density at radius 1 is 1.02 bits per heavy atom. The number of methoxy groups -OCH3 is 1. The molecule has 0 fully saturated rings. The Bertz CT molecular complexity index is 1760. The zero-order chi connectivity index (χ0) is 28.3. The van der Waals surface area contributed by atoms with E-state index in [1.165, 1.54) is 12.1 Å². The molecule has 206 valence electrons. The third-order valence-corrected chi connectivity index (χ3v) is 8.04. The minimum Gasteiger partial charge on any atom is -0.497 e. The Morgan fingerprint density at radius 3 is 2.58 bits per heavy atom. The third-order valence-electron chi connectivity index (χ3n) is 6.35. The highest BCUT2D eigenvalue weighted by atomic mass is 35.5. The van der Waals surface area contributed by atoms with Gasteiger partial charge in [0.1, 0.15) is 11.6 Å². The summed E-state index contributed by atoms with van der Waals surface area (Å²) in [5.74, 6) is 2.52. The van der Waals surface area contributed by atoms with Crippen LogP contribution in [0.5, 0.6) is 5.75 Å². The Kier molecular flexibility index (Phi) is 7.74. The van der Waals surface area contributed by atoms with Gasteiger partial charge >= 0.3 is 0 Å². The van der Waals surface area contributed by atoms with Crippen molar-refractivity contribution in [1.82, 2.24) is 23.8 Å². The molecule has 0 aliphatic carbocycles. The molecule has 5 aromatic rings. The number of anilines is 5. The summed E-state index contributed by atoms with van der Waals surface area (Å²) in [6.45, 7) is 0.627. The molecule has 40 heavy (non-hydrogen) atoms. The smallest absolute Gasteiger partial charge is 0.253 e. The van der Waals surface area contributed by atoms with Gasteiger partial charge in [0.2, 0.25) is 11.9 Å². The highest BCUT2D eigenvalue weighted by molar-refractivity contribution is 7.90. The molecule has 13 heteroatoms. The lowest BCUT2D eigenvalue weighted by Gasteiger charge is -2.19. The average Bonchev–Trinajstić information content (AvgIpc) is 3.30. The number of nitrogens with one attached hydrogen (secondary N) is 3. The second-order valence-electron chi connectivity index (χ2n) is 8.90. The van der Waals surface area contributed by atoms with E-state index in [1.807, 2.05) is 66.0 Å². The number of halogens is 1. The Labute approximate surface area is 237 Å². The van der Waals surface area contributed by atoms with E-state index < -0.39 is 10.0 Å². The molecule has 0 aliphatic rings. The van der Waals surface area contributed by atoms with Crippen molar-refractivity contribution in [2.75, 3.05) is 29.7 Å². The molecule has 3 aromatic carbocycles. The van der Waals surface area contributed by atoms with Crippen LogP contribution in [0, 0.1) is 0 Å². The number of hydrogen-bond acceptors (Lipinski definition) is 9. The van der Waals surface area contributed by atoms with Crippen LogP contribution < -0.4 is 24.5 Å². The zero-order valence-corrected chi connectivity index (χ0v) is 23.5. The van der Waals surface area contributed by atoms with Crippen molar-refractivity contribution >= 4 is 61.9 Å². The van der Waals surface area contributed by atoms with E-state index in [4.69, 9.17) is 21.5 Å². The van der Waals surface area contributed by atoms with Crippen molar-refractivity contribution in [3.63, 3.8) is 0 Å². The van der Waals surface area contributed by atoms with Crippen LogP contribution in [0.15, 0.2) is 83.9 Å². The zero-order valence-electron chi connectivity index (χ0n) is 22.0. The maximum absolute atomic E-state index is 12.0. The molecule has 0 bridgehead atoms. The van der Waals surface area contributed by atoms with Gasteiger partial charge in [-0.2, -0.15) is 4.98 Å². The molecule has 0 atom stereocenters. The van der Waals surface area contributed by atoms with Crippen LogP contribution in [-0.4, -0.2) is 42.1 Å². The predicted octanol–water partition coefficient (Wildman–Crippen LogP) is 4.93. The summed E-state index contributed by atoms with van der Waals surface area (Å²) >= 11 is 5.35. The first-order valence-electron chi connectivity index (χ1n) is 12.2. The standard InChI is InChI=1S/C27H27ClN8O3S/c1-35(25-13-14-29-26(33-25)31-19-5-4-6-22(15-19)40(37,38)34-28)20-9-12-24-23(16-20)32-27(36(24)2)30-17-18-7-10-21(39-3)11-8-18/h4-16,34H,17H2,1-3H3,(H,30,32)(H,29,31,33). The van der Waals surface area contributed by atoms with E-state index in [0.29, 0.717) is 24.0 Å². The molecule has 3 N–H and O–H groups in total. The molecule has 0 radical (unpaired) electrons. The maximum atomic E-state index is 12.0. The van der Waals surface area contributed by atoms with E-state index in [9.17, 15) is 8.42 Å². The number of benzene rings is 3. The van der Waals surface area contributed by atoms with Gasteiger partial charge in [0.05, 0.1) is 23.0 Å². The summed E-state index contributed by atoms with van der Waals surface area (Å²) in [5, 5.41) is 6.45. The van der Waals surface area contributed by atoms with Crippen LogP contribution >= 0.6 is 11.8 Å². The van der Waals surface area contributed by atoms with Crippen LogP contribution in [0.4, 0.5) is 29.1 Å². The highest BCUT2D eigenvalue weighted by Crippen LogP contribution is 2.28. The van der Waals surface area contributed by atoms with Gasteiger partial charge in [0.25, 0.3) is 10.0 Å². The summed E-state index contributed by atoms with van der Waals surface area (Å²) < 4.78 is 33.1. The van der Waals surface area contributed by atoms with Gasteiger partial charge in [-0.3, -0.25) is 0 Å². The first-order chi connectivity index (χ1) is 19.3. The molecule has 5 rings (SSSR count). The van der Waals surface area contributed by atoms with Gasteiger partial charge < -0.3 is 24.8 Å². The first kappa shape index (κ1) is 27.2. The van der Waals surface area contributed by atoms with Crippen molar-refractivity contribution in [2.45, 2.75) is 11.4 Å². The summed E-state index contributed by atoms with van der Waals surface area (Å²) in [4.78, 5) is 15.6. The molecule has 2 heterocycles. The van der Waals surface area contributed by atoms with Crippen molar-refractivity contribution < 1.29 is 13.2 Å². The minimum absolute atomic E-state index is 0.0160. The van der Waals surface area contributed by atoms with Crippen molar-refractivity contribution in [2.24, 2.45) is 7.05 Å². The van der Waals surface area contributed by atoms with Crippen molar-refractivity contribution in [1.29, 1.82) is 0 Å². The van der Waals surface area contributed by atoms with E-state index in [1.54, 1.807) is 35.7 Å². The molecular weight excluding hydrogens is 552 g/mol. The molecular formula is C27H27ClN8O3S. The fourth-order valence-electron chi connectivity index (χ4n) is 4.12. The van der Waals surface area contributed by atoms with Crippen LogP contribution in [0.3, 0.4) is 0 Å². The quantitative estimate of drug-likeness (QED) is 0.198. The Balaban J connectivity index is 1.33. The van der Waals surface area contributed by atoms with E-state index in [2.05, 4.69) is 20.6 Å². The van der Waals surface area contributed by atoms with Crippen LogP contribution in [0.2, 0.25) is 0 Å². The molecule has 0 unspecified atom stereocenters. The monoisotopic (exact) mass is 578 g/mol. The molecule has 0 aliphatic heterocycles. The molecule has 11 nitrogen and oxygen atoms in total. The number of sulfonamides is 1. The lowest BCUT2D eigenvalue weighted by molar-refractivity contribution is 0.414.